The van der Waals surface area contributed by atoms with E-state index in [0.717, 1.165) is 16.4 Å². The lowest BCUT2D eigenvalue weighted by Crippen LogP contribution is -1.96. The highest BCUT2D eigenvalue weighted by atomic mass is 33.1. The zero-order valence-corrected chi connectivity index (χ0v) is 11.9. The fourth-order valence-corrected chi connectivity index (χ4v) is 4.55. The van der Waals surface area contributed by atoms with Crippen LogP contribution in [0.1, 0.15) is 17.0 Å². The van der Waals surface area contributed by atoms with Crippen molar-refractivity contribution in [2.75, 3.05) is 0 Å². The number of aryl methyl sites for hydroxylation is 3. The van der Waals surface area contributed by atoms with Crippen molar-refractivity contribution in [3.8, 4) is 0 Å². The van der Waals surface area contributed by atoms with Gasteiger partial charge in [0.2, 0.25) is 8.87 Å². The molecule has 2 rings (SSSR count). The van der Waals surface area contributed by atoms with Gasteiger partial charge in [0.15, 0.2) is 0 Å². The Hall–Kier alpha value is -1.27. The lowest BCUT2D eigenvalue weighted by atomic mass is 10.2. The van der Waals surface area contributed by atoms with Gasteiger partial charge in [-0.15, -0.1) is 0 Å². The molecule has 18 heavy (non-hydrogen) atoms. The molecule has 1 heterocycles. The summed E-state index contributed by atoms with van der Waals surface area (Å²) in [5.74, 6) is 0.521. The maximum atomic E-state index is 12.2. The predicted molar refractivity (Wildman–Crippen MR) is 70.2 cm³/mol. The lowest BCUT2D eigenvalue weighted by Gasteiger charge is -2.03. The predicted octanol–water partition coefficient (Wildman–Crippen LogP) is 3.08. The molecule has 0 atom stereocenters. The van der Waals surface area contributed by atoms with Gasteiger partial charge >= 0.3 is 0 Å². The second-order valence-electron chi connectivity index (χ2n) is 4.00. The summed E-state index contributed by atoms with van der Waals surface area (Å²) in [5, 5.41) is 3.75. The first-order valence-electron chi connectivity index (χ1n) is 5.34. The molecule has 0 unspecified atom stereocenters. The van der Waals surface area contributed by atoms with Gasteiger partial charge in [-0.05, 0) is 32.9 Å². The van der Waals surface area contributed by atoms with Gasteiger partial charge in [-0.3, -0.25) is 0 Å². The van der Waals surface area contributed by atoms with Gasteiger partial charge in [-0.25, -0.2) is 8.42 Å². The Morgan fingerprint density at radius 2 is 1.72 bits per heavy atom. The minimum Gasteiger partial charge on any atom is -0.360 e. The van der Waals surface area contributed by atoms with Crippen molar-refractivity contribution in [1.82, 2.24) is 5.16 Å². The van der Waals surface area contributed by atoms with Crippen molar-refractivity contribution in [2.45, 2.75) is 30.6 Å². The molecule has 0 aliphatic rings. The smallest absolute Gasteiger partial charge is 0.234 e. The number of hydrogen-bond acceptors (Lipinski definition) is 5. The van der Waals surface area contributed by atoms with Crippen LogP contribution in [0.5, 0.6) is 0 Å². The van der Waals surface area contributed by atoms with Gasteiger partial charge in [-0.1, -0.05) is 22.9 Å². The van der Waals surface area contributed by atoms with Crippen LogP contribution in [-0.4, -0.2) is 13.6 Å². The minimum atomic E-state index is -3.43. The summed E-state index contributed by atoms with van der Waals surface area (Å²) >= 11 is 0. The molecule has 96 valence electrons. The average Bonchev–Trinajstić information content (AvgIpc) is 2.61. The van der Waals surface area contributed by atoms with Crippen LogP contribution in [0.2, 0.25) is 0 Å². The molecule has 0 aliphatic heterocycles. The molecule has 0 bridgehead atoms. The zero-order valence-electron chi connectivity index (χ0n) is 10.3. The van der Waals surface area contributed by atoms with Gasteiger partial charge in [0, 0.05) is 10.8 Å². The van der Waals surface area contributed by atoms with Crippen molar-refractivity contribution in [1.29, 1.82) is 0 Å². The van der Waals surface area contributed by atoms with E-state index in [1.165, 1.54) is 0 Å². The van der Waals surface area contributed by atoms with E-state index in [0.29, 0.717) is 16.3 Å². The highest BCUT2D eigenvalue weighted by Crippen LogP contribution is 2.34. The molecular weight excluding hydrogens is 270 g/mol. The Morgan fingerprint density at radius 1 is 1.11 bits per heavy atom. The molecule has 0 N–H and O–H groups in total. The SMILES string of the molecule is Cc1ccc(S(=O)(=O)Sc2c(C)noc2C)cc1. The van der Waals surface area contributed by atoms with E-state index in [9.17, 15) is 8.42 Å². The van der Waals surface area contributed by atoms with Crippen LogP contribution in [0, 0.1) is 20.8 Å². The van der Waals surface area contributed by atoms with Gasteiger partial charge in [0.1, 0.15) is 5.76 Å². The Morgan fingerprint density at radius 3 is 2.22 bits per heavy atom. The third-order valence-electron chi connectivity index (χ3n) is 2.47. The fraction of sp³-hybridized carbons (Fsp3) is 0.250. The third kappa shape index (κ3) is 2.59. The summed E-state index contributed by atoms with van der Waals surface area (Å²) in [4.78, 5) is 0.855. The average molecular weight is 283 g/mol. The number of hydrogen-bond donors (Lipinski definition) is 0. The summed E-state index contributed by atoms with van der Waals surface area (Å²) in [6, 6.07) is 6.77. The molecule has 0 radical (unpaired) electrons. The van der Waals surface area contributed by atoms with Crippen LogP contribution in [0.4, 0.5) is 0 Å². The normalized spacial score (nSPS) is 11.7. The monoisotopic (exact) mass is 283 g/mol. The van der Waals surface area contributed by atoms with E-state index in [1.54, 1.807) is 38.1 Å². The zero-order chi connectivity index (χ0) is 13.3. The summed E-state index contributed by atoms with van der Waals surface area (Å²) in [5.41, 5.74) is 1.62. The minimum absolute atomic E-state index is 0.290. The van der Waals surface area contributed by atoms with Gasteiger partial charge in [0.25, 0.3) is 0 Å². The molecule has 0 spiro atoms. The van der Waals surface area contributed by atoms with Crippen molar-refractivity contribution < 1.29 is 12.9 Å². The Kier molecular flexibility index (Phi) is 3.49. The first kappa shape index (κ1) is 13.2. The first-order chi connectivity index (χ1) is 8.40. The molecule has 0 fully saturated rings. The van der Waals surface area contributed by atoms with Gasteiger partial charge < -0.3 is 4.52 Å². The molecule has 4 nitrogen and oxygen atoms in total. The largest absolute Gasteiger partial charge is 0.360 e. The third-order valence-corrected chi connectivity index (χ3v) is 6.02. The summed E-state index contributed by atoms with van der Waals surface area (Å²) in [7, 11) is -2.65. The van der Waals surface area contributed by atoms with Crippen LogP contribution < -0.4 is 0 Å². The molecule has 1 aromatic heterocycles. The molecule has 6 heteroatoms. The van der Waals surface area contributed by atoms with E-state index in [4.69, 9.17) is 4.52 Å². The number of nitrogens with zero attached hydrogens (tertiary/aromatic N) is 1. The summed E-state index contributed by atoms with van der Waals surface area (Å²) in [6.45, 7) is 5.34. The van der Waals surface area contributed by atoms with E-state index in [2.05, 4.69) is 5.16 Å². The lowest BCUT2D eigenvalue weighted by molar-refractivity contribution is 0.391. The van der Waals surface area contributed by atoms with E-state index in [1.807, 2.05) is 6.92 Å². The van der Waals surface area contributed by atoms with Crippen molar-refractivity contribution in [3.63, 3.8) is 0 Å². The maximum absolute atomic E-state index is 12.2. The van der Waals surface area contributed by atoms with E-state index >= 15 is 0 Å². The molecule has 0 saturated heterocycles. The molecule has 0 aliphatic carbocycles. The maximum Gasteiger partial charge on any atom is 0.234 e. The number of rotatable bonds is 3. The molecule has 1 aromatic carbocycles. The van der Waals surface area contributed by atoms with Crippen LogP contribution in [0.25, 0.3) is 0 Å². The quantitative estimate of drug-likeness (QED) is 0.810. The number of benzene rings is 1. The Balaban J connectivity index is 2.36. The molecule has 0 saturated carbocycles. The highest BCUT2D eigenvalue weighted by molar-refractivity contribution is 8.72. The van der Waals surface area contributed by atoms with Crippen molar-refractivity contribution >= 4 is 19.7 Å². The van der Waals surface area contributed by atoms with Crippen molar-refractivity contribution in [2.24, 2.45) is 0 Å². The van der Waals surface area contributed by atoms with Crippen LogP contribution in [0.3, 0.4) is 0 Å². The van der Waals surface area contributed by atoms with E-state index in [-0.39, 0.29) is 4.90 Å². The van der Waals surface area contributed by atoms with Crippen LogP contribution >= 0.6 is 10.8 Å². The Labute approximate surface area is 110 Å². The molecule has 0 amide bonds. The van der Waals surface area contributed by atoms with Crippen molar-refractivity contribution in [3.05, 3.63) is 41.3 Å². The summed E-state index contributed by atoms with van der Waals surface area (Å²) in [6.07, 6.45) is 0. The fourth-order valence-electron chi connectivity index (χ4n) is 1.46. The van der Waals surface area contributed by atoms with E-state index < -0.39 is 8.87 Å². The molecular formula is C12H13NO3S2. The second-order valence-corrected chi connectivity index (χ2v) is 7.77. The van der Waals surface area contributed by atoms with Crippen LogP contribution in [-0.2, 0) is 8.87 Å². The molecule has 2 aromatic rings. The highest BCUT2D eigenvalue weighted by Gasteiger charge is 2.21. The first-order valence-corrected chi connectivity index (χ1v) is 8.16. The van der Waals surface area contributed by atoms with Crippen LogP contribution in [0.15, 0.2) is 38.6 Å². The van der Waals surface area contributed by atoms with Gasteiger partial charge in [0.05, 0.1) is 15.5 Å². The Bertz CT molecular complexity index is 638. The second kappa shape index (κ2) is 4.78. The topological polar surface area (TPSA) is 60.2 Å². The number of aromatic nitrogens is 1. The van der Waals surface area contributed by atoms with Gasteiger partial charge in [-0.2, -0.15) is 0 Å². The summed E-state index contributed by atoms with van der Waals surface area (Å²) < 4.78 is 29.4. The standard InChI is InChI=1S/C12H13NO3S2/c1-8-4-6-11(7-5-8)18(14,15)17-12-9(2)13-16-10(12)3/h4-7H,1-3H3.